The molecule has 29 heavy (non-hydrogen) atoms. The van der Waals surface area contributed by atoms with Gasteiger partial charge in [-0.15, -0.1) is 0 Å². The second-order valence-corrected chi connectivity index (χ2v) is 8.30. The standard InChI is InChI=1S/C23H28N4OS/c1-15(2)11-25-23(29)27(13-18-6-5-9-24-12-18)14-19-10-20-16(3)7-8-17(4)21(20)26-22(19)28/h5-10,12,15H,11,13-14H2,1-4H3,(H,25,29)(H,26,28). The topological polar surface area (TPSA) is 61.0 Å². The molecule has 0 aliphatic heterocycles. The van der Waals surface area contributed by atoms with Gasteiger partial charge in [-0.2, -0.15) is 0 Å². The first-order valence-corrected chi connectivity index (χ1v) is 10.3. The van der Waals surface area contributed by atoms with Crippen LogP contribution < -0.4 is 10.9 Å². The third kappa shape index (κ3) is 5.21. The highest BCUT2D eigenvalue weighted by molar-refractivity contribution is 7.80. The number of thiocarbonyl (C=S) groups is 1. The van der Waals surface area contributed by atoms with E-state index in [1.807, 2.05) is 42.3 Å². The lowest BCUT2D eigenvalue weighted by molar-refractivity contribution is 0.393. The number of rotatable bonds is 6. The Balaban J connectivity index is 1.94. The summed E-state index contributed by atoms with van der Waals surface area (Å²) in [5.41, 5.74) is 4.78. The number of nitrogens with zero attached hydrogens (tertiary/aromatic N) is 2. The summed E-state index contributed by atoms with van der Waals surface area (Å²) >= 11 is 5.66. The van der Waals surface area contributed by atoms with E-state index >= 15 is 0 Å². The minimum absolute atomic E-state index is 0.0750. The first kappa shape index (κ1) is 21.0. The molecular weight excluding hydrogens is 380 g/mol. The highest BCUT2D eigenvalue weighted by atomic mass is 32.1. The van der Waals surface area contributed by atoms with E-state index in [0.717, 1.165) is 34.1 Å². The van der Waals surface area contributed by atoms with Crippen LogP contribution in [0, 0.1) is 19.8 Å². The molecule has 0 fully saturated rings. The fourth-order valence-electron chi connectivity index (χ4n) is 3.26. The van der Waals surface area contributed by atoms with E-state index in [0.29, 0.717) is 29.7 Å². The quantitative estimate of drug-likeness (QED) is 0.602. The van der Waals surface area contributed by atoms with Crippen molar-refractivity contribution in [2.45, 2.75) is 40.8 Å². The van der Waals surface area contributed by atoms with Crippen LogP contribution in [0.5, 0.6) is 0 Å². The Morgan fingerprint density at radius 1 is 1.21 bits per heavy atom. The van der Waals surface area contributed by atoms with E-state index < -0.39 is 0 Å². The van der Waals surface area contributed by atoms with Crippen molar-refractivity contribution in [1.29, 1.82) is 0 Å². The lowest BCUT2D eigenvalue weighted by atomic mass is 10.0. The molecule has 3 rings (SSSR count). The third-order valence-electron chi connectivity index (χ3n) is 4.93. The van der Waals surface area contributed by atoms with Gasteiger partial charge in [0.15, 0.2) is 5.11 Å². The van der Waals surface area contributed by atoms with Crippen molar-refractivity contribution in [1.82, 2.24) is 20.2 Å². The number of hydrogen-bond donors (Lipinski definition) is 2. The average Bonchev–Trinajstić information content (AvgIpc) is 2.70. The second-order valence-electron chi connectivity index (χ2n) is 7.91. The number of aromatic amines is 1. The summed E-state index contributed by atoms with van der Waals surface area (Å²) in [6, 6.07) is 10.0. The monoisotopic (exact) mass is 408 g/mol. The summed E-state index contributed by atoms with van der Waals surface area (Å²) in [7, 11) is 0. The van der Waals surface area contributed by atoms with E-state index in [2.05, 4.69) is 42.1 Å². The number of aromatic nitrogens is 2. The number of hydrogen-bond acceptors (Lipinski definition) is 3. The van der Waals surface area contributed by atoms with E-state index in [-0.39, 0.29) is 5.56 Å². The largest absolute Gasteiger partial charge is 0.362 e. The van der Waals surface area contributed by atoms with Crippen LogP contribution in [0.25, 0.3) is 10.9 Å². The zero-order valence-corrected chi connectivity index (χ0v) is 18.3. The molecule has 3 aromatic rings. The molecule has 0 aliphatic rings. The van der Waals surface area contributed by atoms with Crippen LogP contribution in [-0.4, -0.2) is 26.5 Å². The Morgan fingerprint density at radius 2 is 1.97 bits per heavy atom. The molecule has 0 saturated heterocycles. The normalized spacial score (nSPS) is 11.1. The predicted molar refractivity (Wildman–Crippen MR) is 123 cm³/mol. The highest BCUT2D eigenvalue weighted by Crippen LogP contribution is 2.20. The number of H-pyrrole nitrogens is 1. The van der Waals surface area contributed by atoms with Gasteiger partial charge in [-0.25, -0.2) is 0 Å². The fraction of sp³-hybridized carbons (Fsp3) is 0.348. The molecule has 0 radical (unpaired) electrons. The smallest absolute Gasteiger partial charge is 0.253 e. The summed E-state index contributed by atoms with van der Waals surface area (Å²) < 4.78 is 0. The second kappa shape index (κ2) is 9.18. The zero-order chi connectivity index (χ0) is 21.0. The molecule has 0 unspecified atom stereocenters. The van der Waals surface area contributed by atoms with Crippen molar-refractivity contribution in [3.05, 3.63) is 75.3 Å². The summed E-state index contributed by atoms with van der Waals surface area (Å²) in [5, 5.41) is 5.04. The maximum Gasteiger partial charge on any atom is 0.253 e. The number of benzene rings is 1. The van der Waals surface area contributed by atoms with E-state index in [4.69, 9.17) is 12.2 Å². The summed E-state index contributed by atoms with van der Waals surface area (Å²) in [6.07, 6.45) is 3.58. The zero-order valence-electron chi connectivity index (χ0n) is 17.5. The van der Waals surface area contributed by atoms with Crippen molar-refractivity contribution in [3.63, 3.8) is 0 Å². The minimum atomic E-state index is -0.0750. The number of nitrogens with one attached hydrogen (secondary N) is 2. The predicted octanol–water partition coefficient (Wildman–Crippen LogP) is 4.07. The highest BCUT2D eigenvalue weighted by Gasteiger charge is 2.15. The molecule has 0 amide bonds. The van der Waals surface area contributed by atoms with Crippen molar-refractivity contribution in [2.24, 2.45) is 5.92 Å². The van der Waals surface area contributed by atoms with Gasteiger partial charge in [0.2, 0.25) is 0 Å². The molecule has 0 atom stereocenters. The first-order valence-electron chi connectivity index (χ1n) is 9.89. The van der Waals surface area contributed by atoms with Crippen LogP contribution in [-0.2, 0) is 13.1 Å². The maximum absolute atomic E-state index is 12.8. The molecule has 2 N–H and O–H groups in total. The van der Waals surface area contributed by atoms with Gasteiger partial charge in [-0.1, -0.05) is 32.0 Å². The Kier molecular flexibility index (Phi) is 6.64. The SMILES string of the molecule is Cc1ccc(C)c2[nH]c(=O)c(CN(Cc3cccnc3)C(=S)NCC(C)C)cc12. The molecule has 0 bridgehead atoms. The van der Waals surface area contributed by atoms with Gasteiger partial charge in [0.25, 0.3) is 5.56 Å². The summed E-state index contributed by atoms with van der Waals surface area (Å²) in [4.78, 5) is 22.1. The molecule has 6 heteroatoms. The lowest BCUT2D eigenvalue weighted by Gasteiger charge is -2.26. The van der Waals surface area contributed by atoms with Gasteiger partial charge in [-0.3, -0.25) is 9.78 Å². The molecular formula is C23H28N4OS. The first-order chi connectivity index (χ1) is 13.8. The van der Waals surface area contributed by atoms with Crippen LogP contribution >= 0.6 is 12.2 Å². The Hall–Kier alpha value is -2.73. The van der Waals surface area contributed by atoms with E-state index in [9.17, 15) is 4.79 Å². The van der Waals surface area contributed by atoms with Crippen molar-refractivity contribution in [2.75, 3.05) is 6.54 Å². The molecule has 2 aromatic heterocycles. The van der Waals surface area contributed by atoms with E-state index in [1.54, 1.807) is 6.20 Å². The number of pyridine rings is 2. The van der Waals surface area contributed by atoms with Gasteiger partial charge >= 0.3 is 0 Å². The van der Waals surface area contributed by atoms with Crippen LogP contribution in [0.15, 0.2) is 47.5 Å². The average molecular weight is 409 g/mol. The van der Waals surface area contributed by atoms with Crippen LogP contribution in [0.1, 0.15) is 36.1 Å². The lowest BCUT2D eigenvalue weighted by Crippen LogP contribution is -2.41. The van der Waals surface area contributed by atoms with E-state index in [1.165, 1.54) is 0 Å². The molecule has 1 aromatic carbocycles. The summed E-state index contributed by atoms with van der Waals surface area (Å²) in [6.45, 7) is 10.2. The molecule has 0 saturated carbocycles. The van der Waals surface area contributed by atoms with Gasteiger partial charge < -0.3 is 15.2 Å². The Morgan fingerprint density at radius 3 is 2.66 bits per heavy atom. The van der Waals surface area contributed by atoms with Gasteiger partial charge in [-0.05, 0) is 60.8 Å². The molecule has 5 nitrogen and oxygen atoms in total. The molecule has 2 heterocycles. The van der Waals surface area contributed by atoms with Crippen molar-refractivity contribution in [3.8, 4) is 0 Å². The summed E-state index contributed by atoms with van der Waals surface area (Å²) in [5.74, 6) is 0.475. The third-order valence-corrected chi connectivity index (χ3v) is 5.33. The molecule has 0 spiro atoms. The number of aryl methyl sites for hydroxylation is 2. The van der Waals surface area contributed by atoms with Gasteiger partial charge in [0.1, 0.15) is 0 Å². The van der Waals surface area contributed by atoms with Crippen LogP contribution in [0.2, 0.25) is 0 Å². The van der Waals surface area contributed by atoms with Crippen molar-refractivity contribution >= 4 is 28.2 Å². The maximum atomic E-state index is 12.8. The Labute approximate surface area is 177 Å². The van der Waals surface area contributed by atoms with Crippen LogP contribution in [0.3, 0.4) is 0 Å². The van der Waals surface area contributed by atoms with Crippen LogP contribution in [0.4, 0.5) is 0 Å². The molecule has 0 aliphatic carbocycles. The number of fused-ring (bicyclic) bond motifs is 1. The minimum Gasteiger partial charge on any atom is -0.362 e. The molecule has 152 valence electrons. The van der Waals surface area contributed by atoms with Gasteiger partial charge in [0.05, 0.1) is 12.1 Å². The fourth-order valence-corrected chi connectivity index (χ4v) is 3.47. The van der Waals surface area contributed by atoms with Gasteiger partial charge in [0, 0.05) is 36.4 Å². The van der Waals surface area contributed by atoms with Crippen molar-refractivity contribution < 1.29 is 0 Å². The Bertz CT molecular complexity index is 1060.